The summed E-state index contributed by atoms with van der Waals surface area (Å²) in [6.07, 6.45) is 1.78. The summed E-state index contributed by atoms with van der Waals surface area (Å²) in [5.74, 6) is 0.0980. The molecule has 0 radical (unpaired) electrons. The molecule has 0 saturated carbocycles. The number of halogens is 1. The third-order valence-corrected chi connectivity index (χ3v) is 2.38. The summed E-state index contributed by atoms with van der Waals surface area (Å²) in [7, 11) is 0. The SMILES string of the molecule is NCc1c[nH]c2ccc(Cl)c(O)c12. The molecule has 68 valence electrons. The molecule has 1 heterocycles. The van der Waals surface area contributed by atoms with E-state index in [1.165, 1.54) is 0 Å². The highest BCUT2D eigenvalue weighted by Crippen LogP contribution is 2.33. The minimum absolute atomic E-state index is 0.0980. The van der Waals surface area contributed by atoms with E-state index in [0.717, 1.165) is 16.5 Å². The second-order valence-electron chi connectivity index (χ2n) is 2.84. The zero-order chi connectivity index (χ0) is 9.42. The minimum atomic E-state index is 0.0980. The highest BCUT2D eigenvalue weighted by molar-refractivity contribution is 6.33. The molecule has 4 heteroatoms. The minimum Gasteiger partial charge on any atom is -0.506 e. The Labute approximate surface area is 80.1 Å². The van der Waals surface area contributed by atoms with E-state index >= 15 is 0 Å². The Bertz CT molecular complexity index is 450. The first-order chi connectivity index (χ1) is 6.24. The quantitative estimate of drug-likeness (QED) is 0.653. The van der Waals surface area contributed by atoms with E-state index in [1.807, 2.05) is 6.07 Å². The Morgan fingerprint density at radius 1 is 1.46 bits per heavy atom. The van der Waals surface area contributed by atoms with Crippen molar-refractivity contribution < 1.29 is 5.11 Å². The van der Waals surface area contributed by atoms with E-state index in [2.05, 4.69) is 4.98 Å². The van der Waals surface area contributed by atoms with Crippen LogP contribution in [0.15, 0.2) is 18.3 Å². The van der Waals surface area contributed by atoms with Crippen molar-refractivity contribution in [3.05, 3.63) is 28.9 Å². The summed E-state index contributed by atoms with van der Waals surface area (Å²) in [6, 6.07) is 3.46. The summed E-state index contributed by atoms with van der Waals surface area (Å²) in [6.45, 7) is 0.383. The van der Waals surface area contributed by atoms with Crippen LogP contribution < -0.4 is 5.73 Å². The van der Waals surface area contributed by atoms with Gasteiger partial charge in [0.25, 0.3) is 0 Å². The number of phenolic OH excluding ortho intramolecular Hbond substituents is 1. The summed E-state index contributed by atoms with van der Waals surface area (Å²) in [5, 5.41) is 10.7. The molecular formula is C9H9ClN2O. The number of fused-ring (bicyclic) bond motifs is 1. The number of H-pyrrole nitrogens is 1. The molecule has 0 amide bonds. The van der Waals surface area contributed by atoms with Crippen LogP contribution in [0.25, 0.3) is 10.9 Å². The van der Waals surface area contributed by atoms with Crippen LogP contribution in [0.2, 0.25) is 5.02 Å². The van der Waals surface area contributed by atoms with Crippen molar-refractivity contribution in [3.8, 4) is 5.75 Å². The normalized spacial score (nSPS) is 10.9. The predicted octanol–water partition coefficient (Wildman–Crippen LogP) is 1.99. The van der Waals surface area contributed by atoms with Crippen molar-refractivity contribution in [2.75, 3.05) is 0 Å². The smallest absolute Gasteiger partial charge is 0.143 e. The number of nitrogens with two attached hydrogens (primary N) is 1. The number of nitrogens with one attached hydrogen (secondary N) is 1. The van der Waals surface area contributed by atoms with E-state index in [1.54, 1.807) is 12.3 Å². The third kappa shape index (κ3) is 1.17. The number of rotatable bonds is 1. The van der Waals surface area contributed by atoms with Crippen LogP contribution in [0.5, 0.6) is 5.75 Å². The standard InChI is InChI=1S/C9H9ClN2O/c10-6-1-2-7-8(9(6)13)5(3-11)4-12-7/h1-2,4,12-13H,3,11H2. The number of phenols is 1. The molecule has 4 N–H and O–H groups in total. The lowest BCUT2D eigenvalue weighted by atomic mass is 10.1. The average molecular weight is 197 g/mol. The van der Waals surface area contributed by atoms with Crippen LogP contribution >= 0.6 is 11.6 Å². The van der Waals surface area contributed by atoms with Crippen molar-refractivity contribution in [3.63, 3.8) is 0 Å². The van der Waals surface area contributed by atoms with Gasteiger partial charge in [-0.1, -0.05) is 11.6 Å². The van der Waals surface area contributed by atoms with Gasteiger partial charge >= 0.3 is 0 Å². The molecule has 2 aromatic rings. The van der Waals surface area contributed by atoms with Crippen LogP contribution in [0, 0.1) is 0 Å². The van der Waals surface area contributed by atoms with Crippen molar-refractivity contribution in [2.24, 2.45) is 5.73 Å². The Balaban J connectivity index is 2.85. The first-order valence-corrected chi connectivity index (χ1v) is 4.29. The second-order valence-corrected chi connectivity index (χ2v) is 3.24. The van der Waals surface area contributed by atoms with Crippen LogP contribution in [0.4, 0.5) is 0 Å². The maximum absolute atomic E-state index is 9.65. The maximum Gasteiger partial charge on any atom is 0.143 e. The van der Waals surface area contributed by atoms with Crippen LogP contribution in [0.1, 0.15) is 5.56 Å². The van der Waals surface area contributed by atoms with Crippen molar-refractivity contribution in [1.82, 2.24) is 4.98 Å². The number of benzene rings is 1. The molecule has 3 nitrogen and oxygen atoms in total. The lowest BCUT2D eigenvalue weighted by Crippen LogP contribution is -1.94. The molecular weight excluding hydrogens is 188 g/mol. The van der Waals surface area contributed by atoms with Gasteiger partial charge < -0.3 is 15.8 Å². The number of aromatic amines is 1. The van der Waals surface area contributed by atoms with Gasteiger partial charge in [-0.2, -0.15) is 0 Å². The van der Waals surface area contributed by atoms with Gasteiger partial charge in [-0.3, -0.25) is 0 Å². The maximum atomic E-state index is 9.65. The van der Waals surface area contributed by atoms with E-state index in [4.69, 9.17) is 17.3 Å². The van der Waals surface area contributed by atoms with Crippen molar-refractivity contribution in [2.45, 2.75) is 6.54 Å². The Hall–Kier alpha value is -1.19. The first-order valence-electron chi connectivity index (χ1n) is 3.91. The molecule has 13 heavy (non-hydrogen) atoms. The average Bonchev–Trinajstić information content (AvgIpc) is 2.55. The molecule has 0 atom stereocenters. The van der Waals surface area contributed by atoms with Gasteiger partial charge in [0.2, 0.25) is 0 Å². The molecule has 0 unspecified atom stereocenters. The molecule has 1 aromatic carbocycles. The zero-order valence-electron chi connectivity index (χ0n) is 6.84. The molecule has 1 aromatic heterocycles. The fourth-order valence-corrected chi connectivity index (χ4v) is 1.57. The van der Waals surface area contributed by atoms with Crippen LogP contribution in [-0.2, 0) is 6.54 Å². The molecule has 0 aliphatic heterocycles. The number of hydrogen-bond acceptors (Lipinski definition) is 2. The lowest BCUT2D eigenvalue weighted by molar-refractivity contribution is 0.481. The second kappa shape index (κ2) is 2.94. The number of aromatic nitrogens is 1. The molecule has 0 aliphatic carbocycles. The van der Waals surface area contributed by atoms with E-state index in [9.17, 15) is 5.11 Å². The zero-order valence-corrected chi connectivity index (χ0v) is 7.60. The van der Waals surface area contributed by atoms with E-state index < -0.39 is 0 Å². The highest BCUT2D eigenvalue weighted by atomic mass is 35.5. The van der Waals surface area contributed by atoms with E-state index in [-0.39, 0.29) is 5.75 Å². The van der Waals surface area contributed by atoms with Gasteiger partial charge in [0.15, 0.2) is 0 Å². The molecule has 0 bridgehead atoms. The summed E-state index contributed by atoms with van der Waals surface area (Å²) < 4.78 is 0. The topological polar surface area (TPSA) is 62.0 Å². The van der Waals surface area contributed by atoms with E-state index in [0.29, 0.717) is 11.6 Å². The Kier molecular flexibility index (Phi) is 1.90. The number of aromatic hydroxyl groups is 1. The van der Waals surface area contributed by atoms with Gasteiger partial charge in [-0.05, 0) is 17.7 Å². The van der Waals surface area contributed by atoms with Gasteiger partial charge in [-0.15, -0.1) is 0 Å². The van der Waals surface area contributed by atoms with Gasteiger partial charge in [0, 0.05) is 23.6 Å². The van der Waals surface area contributed by atoms with Gasteiger partial charge in [-0.25, -0.2) is 0 Å². The summed E-state index contributed by atoms with van der Waals surface area (Å²) in [5.41, 5.74) is 7.22. The van der Waals surface area contributed by atoms with Gasteiger partial charge in [0.05, 0.1) is 5.02 Å². The summed E-state index contributed by atoms with van der Waals surface area (Å²) >= 11 is 5.77. The van der Waals surface area contributed by atoms with Crippen LogP contribution in [0.3, 0.4) is 0 Å². The van der Waals surface area contributed by atoms with Crippen molar-refractivity contribution in [1.29, 1.82) is 0 Å². The molecule has 0 saturated heterocycles. The van der Waals surface area contributed by atoms with Crippen molar-refractivity contribution >= 4 is 22.5 Å². The monoisotopic (exact) mass is 196 g/mol. The Morgan fingerprint density at radius 3 is 2.92 bits per heavy atom. The third-order valence-electron chi connectivity index (χ3n) is 2.07. The predicted molar refractivity (Wildman–Crippen MR) is 52.9 cm³/mol. The fourth-order valence-electron chi connectivity index (χ4n) is 1.41. The summed E-state index contributed by atoms with van der Waals surface area (Å²) in [4.78, 5) is 3.01. The largest absolute Gasteiger partial charge is 0.506 e. The molecule has 0 spiro atoms. The first kappa shape index (κ1) is 8.41. The molecule has 0 fully saturated rings. The van der Waals surface area contributed by atoms with Crippen LogP contribution in [-0.4, -0.2) is 10.1 Å². The molecule has 0 aliphatic rings. The highest BCUT2D eigenvalue weighted by Gasteiger charge is 2.09. The molecule has 2 rings (SSSR count). The Morgan fingerprint density at radius 2 is 2.23 bits per heavy atom. The fraction of sp³-hybridized carbons (Fsp3) is 0.111. The lowest BCUT2D eigenvalue weighted by Gasteiger charge is -1.99. The number of hydrogen-bond donors (Lipinski definition) is 3. The van der Waals surface area contributed by atoms with Gasteiger partial charge in [0.1, 0.15) is 5.75 Å².